The van der Waals surface area contributed by atoms with Gasteiger partial charge in [-0.05, 0) is 49.6 Å². The number of hydrogen-bond acceptors (Lipinski definition) is 5. The zero-order chi connectivity index (χ0) is 19.0. The molecule has 4 rings (SSSR count). The Labute approximate surface area is 163 Å². The molecule has 0 aliphatic carbocycles. The minimum Gasteiger partial charge on any atom is -0.365 e. The first-order valence-corrected chi connectivity index (χ1v) is 11.1. The van der Waals surface area contributed by atoms with Crippen molar-refractivity contribution in [3.63, 3.8) is 0 Å². The molecule has 2 heterocycles. The Morgan fingerprint density at radius 2 is 1.93 bits per heavy atom. The number of rotatable bonds is 4. The number of nitrogens with zero attached hydrogens (tertiary/aromatic N) is 2. The number of benzene rings is 2. The normalized spacial score (nSPS) is 14.1. The van der Waals surface area contributed by atoms with E-state index in [9.17, 15) is 8.42 Å². The number of nitrogens with one attached hydrogen (secondary N) is 1. The zero-order valence-corrected chi connectivity index (χ0v) is 16.9. The second-order valence-corrected chi connectivity index (χ2v) is 9.58. The van der Waals surface area contributed by atoms with Crippen molar-refractivity contribution < 1.29 is 8.42 Å². The lowest BCUT2D eigenvalue weighted by Crippen LogP contribution is -2.35. The Kier molecular flexibility index (Phi) is 4.65. The third kappa shape index (κ3) is 3.21. The zero-order valence-electron chi connectivity index (χ0n) is 15.3. The van der Waals surface area contributed by atoms with Crippen LogP contribution in [-0.4, -0.2) is 27.0 Å². The third-order valence-corrected chi connectivity index (χ3v) is 7.59. The standard InChI is InChI=1S/C20H21N3O2S2/c1-14-19(22-20(21-2)26-14)16-10-11-18-15(13-16)7-6-12-23(18)27(24,25)17-8-4-3-5-9-17/h3-5,8-11,13H,6-7,12H2,1-2H3,(H,21,22). The van der Waals surface area contributed by atoms with E-state index in [-0.39, 0.29) is 0 Å². The summed E-state index contributed by atoms with van der Waals surface area (Å²) >= 11 is 1.62. The average molecular weight is 400 g/mol. The highest BCUT2D eigenvalue weighted by Gasteiger charge is 2.29. The van der Waals surface area contributed by atoms with Gasteiger partial charge in [0.2, 0.25) is 0 Å². The lowest BCUT2D eigenvalue weighted by atomic mass is 9.99. The fraction of sp³-hybridized carbons (Fsp3) is 0.250. The van der Waals surface area contributed by atoms with E-state index in [0.717, 1.165) is 45.4 Å². The van der Waals surface area contributed by atoms with Gasteiger partial charge in [-0.1, -0.05) is 24.3 Å². The first kappa shape index (κ1) is 18.0. The summed E-state index contributed by atoms with van der Waals surface area (Å²) in [6.07, 6.45) is 1.67. The Hall–Kier alpha value is -2.38. The van der Waals surface area contributed by atoms with E-state index in [0.29, 0.717) is 11.4 Å². The lowest BCUT2D eigenvalue weighted by molar-refractivity contribution is 0.586. The predicted octanol–water partition coefficient (Wildman–Crippen LogP) is 4.30. The molecule has 0 fully saturated rings. The van der Waals surface area contributed by atoms with Crippen molar-refractivity contribution in [3.05, 3.63) is 59.0 Å². The van der Waals surface area contributed by atoms with Gasteiger partial charge in [0, 0.05) is 24.0 Å². The maximum atomic E-state index is 13.1. The van der Waals surface area contributed by atoms with Crippen LogP contribution in [0.25, 0.3) is 11.3 Å². The number of anilines is 2. The molecule has 1 aromatic heterocycles. The largest absolute Gasteiger partial charge is 0.365 e. The first-order valence-electron chi connectivity index (χ1n) is 8.87. The maximum Gasteiger partial charge on any atom is 0.264 e. The second kappa shape index (κ2) is 6.98. The van der Waals surface area contributed by atoms with Crippen LogP contribution >= 0.6 is 11.3 Å². The van der Waals surface area contributed by atoms with Gasteiger partial charge in [0.25, 0.3) is 10.0 Å². The molecule has 0 spiro atoms. The van der Waals surface area contributed by atoms with Crippen molar-refractivity contribution in [2.24, 2.45) is 0 Å². The summed E-state index contributed by atoms with van der Waals surface area (Å²) in [5.74, 6) is 0. The molecule has 27 heavy (non-hydrogen) atoms. The van der Waals surface area contributed by atoms with Gasteiger partial charge >= 0.3 is 0 Å². The van der Waals surface area contributed by atoms with Crippen LogP contribution in [0.5, 0.6) is 0 Å². The number of fused-ring (bicyclic) bond motifs is 1. The van der Waals surface area contributed by atoms with Crippen LogP contribution in [0.2, 0.25) is 0 Å². The first-order chi connectivity index (χ1) is 13.0. The van der Waals surface area contributed by atoms with Crippen molar-refractivity contribution in [2.45, 2.75) is 24.7 Å². The molecular weight excluding hydrogens is 378 g/mol. The summed E-state index contributed by atoms with van der Waals surface area (Å²) in [6.45, 7) is 2.56. The molecule has 0 radical (unpaired) electrons. The fourth-order valence-corrected chi connectivity index (χ4v) is 5.80. The van der Waals surface area contributed by atoms with E-state index in [1.807, 2.05) is 25.2 Å². The van der Waals surface area contributed by atoms with Gasteiger partial charge < -0.3 is 5.32 Å². The van der Waals surface area contributed by atoms with Crippen molar-refractivity contribution in [1.82, 2.24) is 4.98 Å². The molecule has 0 amide bonds. The quantitative estimate of drug-likeness (QED) is 0.710. The number of aryl methyl sites for hydroxylation is 2. The summed E-state index contributed by atoms with van der Waals surface area (Å²) in [7, 11) is -1.69. The fourth-order valence-electron chi connectivity index (χ4n) is 3.45. The molecule has 1 N–H and O–H groups in total. The minimum absolute atomic E-state index is 0.330. The third-order valence-electron chi connectivity index (χ3n) is 4.77. The summed E-state index contributed by atoms with van der Waals surface area (Å²) in [5.41, 5.74) is 3.81. The van der Waals surface area contributed by atoms with Crippen LogP contribution in [0.3, 0.4) is 0 Å². The molecule has 2 aromatic carbocycles. The van der Waals surface area contributed by atoms with Gasteiger partial charge in [0.15, 0.2) is 5.13 Å². The van der Waals surface area contributed by atoms with Crippen LogP contribution in [0.15, 0.2) is 53.4 Å². The molecule has 0 saturated heterocycles. The molecular formula is C20H21N3O2S2. The van der Waals surface area contributed by atoms with E-state index in [1.165, 1.54) is 4.31 Å². The summed E-state index contributed by atoms with van der Waals surface area (Å²) in [6, 6.07) is 14.6. The molecule has 3 aromatic rings. The van der Waals surface area contributed by atoms with Crippen LogP contribution < -0.4 is 9.62 Å². The van der Waals surface area contributed by atoms with Crippen LogP contribution in [0.4, 0.5) is 10.8 Å². The maximum absolute atomic E-state index is 13.1. The van der Waals surface area contributed by atoms with Gasteiger partial charge in [-0.3, -0.25) is 4.31 Å². The van der Waals surface area contributed by atoms with Gasteiger partial charge in [-0.2, -0.15) is 0 Å². The SMILES string of the molecule is CNc1nc(-c2ccc3c(c2)CCCN3S(=O)(=O)c2ccccc2)c(C)s1. The van der Waals surface area contributed by atoms with E-state index in [1.54, 1.807) is 35.6 Å². The van der Waals surface area contributed by atoms with Crippen LogP contribution in [0, 0.1) is 6.92 Å². The van der Waals surface area contributed by atoms with E-state index in [4.69, 9.17) is 0 Å². The molecule has 7 heteroatoms. The van der Waals surface area contributed by atoms with Crippen molar-refractivity contribution in [3.8, 4) is 11.3 Å². The van der Waals surface area contributed by atoms with Gasteiger partial charge in [0.05, 0.1) is 16.3 Å². The Morgan fingerprint density at radius 1 is 1.15 bits per heavy atom. The van der Waals surface area contributed by atoms with Crippen LogP contribution in [0.1, 0.15) is 16.9 Å². The topological polar surface area (TPSA) is 62.3 Å². The summed E-state index contributed by atoms with van der Waals surface area (Å²) < 4.78 is 27.8. The second-order valence-electron chi connectivity index (χ2n) is 6.51. The molecule has 1 aliphatic heterocycles. The molecule has 0 saturated carbocycles. The molecule has 0 unspecified atom stereocenters. The summed E-state index contributed by atoms with van der Waals surface area (Å²) in [4.78, 5) is 6.11. The van der Waals surface area contributed by atoms with E-state index < -0.39 is 10.0 Å². The smallest absolute Gasteiger partial charge is 0.264 e. The molecule has 0 bridgehead atoms. The van der Waals surface area contributed by atoms with Gasteiger partial charge in [-0.25, -0.2) is 13.4 Å². The molecule has 1 aliphatic rings. The van der Waals surface area contributed by atoms with E-state index in [2.05, 4.69) is 23.3 Å². The van der Waals surface area contributed by atoms with Crippen molar-refractivity contribution >= 4 is 32.2 Å². The Morgan fingerprint density at radius 3 is 2.63 bits per heavy atom. The minimum atomic E-state index is -3.55. The number of hydrogen-bond donors (Lipinski definition) is 1. The van der Waals surface area contributed by atoms with Crippen molar-refractivity contribution in [2.75, 3.05) is 23.2 Å². The van der Waals surface area contributed by atoms with E-state index >= 15 is 0 Å². The molecule has 140 valence electrons. The number of aromatic nitrogens is 1. The predicted molar refractivity (Wildman–Crippen MR) is 111 cm³/mol. The molecule has 0 atom stereocenters. The van der Waals surface area contributed by atoms with Gasteiger partial charge in [-0.15, -0.1) is 11.3 Å². The van der Waals surface area contributed by atoms with Gasteiger partial charge in [0.1, 0.15) is 0 Å². The Balaban J connectivity index is 1.75. The van der Waals surface area contributed by atoms with Crippen LogP contribution in [-0.2, 0) is 16.4 Å². The monoisotopic (exact) mass is 399 g/mol. The highest BCUT2D eigenvalue weighted by Crippen LogP contribution is 2.37. The Bertz CT molecular complexity index is 1080. The highest BCUT2D eigenvalue weighted by atomic mass is 32.2. The molecule has 5 nitrogen and oxygen atoms in total. The lowest BCUT2D eigenvalue weighted by Gasteiger charge is -2.30. The number of thiazole rings is 1. The average Bonchev–Trinajstić information content (AvgIpc) is 3.08. The highest BCUT2D eigenvalue weighted by molar-refractivity contribution is 7.92. The van der Waals surface area contributed by atoms with Crippen molar-refractivity contribution in [1.29, 1.82) is 0 Å². The summed E-state index contributed by atoms with van der Waals surface area (Å²) in [5, 5.41) is 3.97. The number of sulfonamides is 1.